The second-order valence-corrected chi connectivity index (χ2v) is 32.3. The minimum absolute atomic E-state index is 0. The van der Waals surface area contributed by atoms with E-state index in [9.17, 15) is 0 Å². The van der Waals surface area contributed by atoms with Crippen molar-refractivity contribution >= 4 is 46.4 Å². The molecule has 2 aliphatic heterocycles. The number of aromatic nitrogens is 4. The minimum Gasteiger partial charge on any atom is -1.00 e. The van der Waals surface area contributed by atoms with Gasteiger partial charge in [0.15, 0.2) is 0 Å². The van der Waals surface area contributed by atoms with E-state index in [-0.39, 0.29) is 71.9 Å². The summed E-state index contributed by atoms with van der Waals surface area (Å²) in [5.74, 6) is 4.33. The van der Waals surface area contributed by atoms with Crippen LogP contribution in [0.15, 0.2) is 133 Å². The van der Waals surface area contributed by atoms with Gasteiger partial charge in [-0.1, -0.05) is 204 Å². The van der Waals surface area contributed by atoms with Crippen LogP contribution in [0, 0.1) is 0 Å². The number of nitrogens with one attached hydrogen (secondary N) is 2. The summed E-state index contributed by atoms with van der Waals surface area (Å²) in [5.41, 5.74) is 18.9. The van der Waals surface area contributed by atoms with E-state index in [1.807, 2.05) is 0 Å². The summed E-state index contributed by atoms with van der Waals surface area (Å²) in [5, 5.41) is 0. The second-order valence-electron chi connectivity index (χ2n) is 32.3. The molecule has 0 radical (unpaired) electrons. The summed E-state index contributed by atoms with van der Waals surface area (Å²) in [7, 11) is 20.3. The van der Waals surface area contributed by atoms with Crippen molar-refractivity contribution in [1.82, 2.24) is 19.9 Å². The Labute approximate surface area is 688 Å². The highest BCUT2D eigenvalue weighted by Crippen LogP contribution is 2.42. The van der Waals surface area contributed by atoms with Gasteiger partial charge in [-0.2, -0.15) is 0 Å². The first kappa shape index (κ1) is 87.2. The number of rotatable bonds is 42. The number of nitrogens with zero attached hydrogens (tertiary/aromatic N) is 5. The van der Waals surface area contributed by atoms with Crippen molar-refractivity contribution in [1.29, 1.82) is 0 Å². The van der Waals surface area contributed by atoms with Crippen LogP contribution in [-0.2, 0) is 19.6 Å². The lowest BCUT2D eigenvalue weighted by Crippen LogP contribution is -3.00. The maximum Gasteiger partial charge on any atom is 0.145 e. The summed E-state index contributed by atoms with van der Waals surface area (Å²) in [6.45, 7) is 11.5. The Morgan fingerprint density at radius 1 is 0.292 bits per heavy atom. The van der Waals surface area contributed by atoms with E-state index >= 15 is 0 Å². The van der Waals surface area contributed by atoms with Crippen molar-refractivity contribution in [3.63, 3.8) is 0 Å². The first-order valence-corrected chi connectivity index (χ1v) is 39.5. The molecule has 0 saturated heterocycles. The smallest absolute Gasteiger partial charge is 0.145 e. The van der Waals surface area contributed by atoms with E-state index in [0.29, 0.717) is 19.8 Å². The summed E-state index contributed by atoms with van der Waals surface area (Å²) < 4.78 is 28.9. The fourth-order valence-electron chi connectivity index (χ4n) is 14.5. The number of unbranched alkanes of at least 4 members (excludes halogenated alkanes) is 21. The third-order valence-corrected chi connectivity index (χ3v) is 19.6. The third kappa shape index (κ3) is 26.6. The van der Waals surface area contributed by atoms with E-state index in [0.717, 1.165) is 170 Å². The lowest BCUT2D eigenvalue weighted by Gasteiger charge is -2.30. The van der Waals surface area contributed by atoms with E-state index in [1.165, 1.54) is 152 Å². The van der Waals surface area contributed by atoms with Crippen molar-refractivity contribution in [2.24, 2.45) is 0 Å². The van der Waals surface area contributed by atoms with Crippen LogP contribution in [-0.4, -0.2) is 117 Å². The van der Waals surface area contributed by atoms with Crippen LogP contribution < -0.4 is 90.9 Å². The van der Waals surface area contributed by atoms with Crippen LogP contribution in [0.1, 0.15) is 214 Å². The molecule has 0 atom stereocenters. The van der Waals surface area contributed by atoms with Crippen molar-refractivity contribution in [2.45, 2.75) is 195 Å². The molecule has 572 valence electrons. The van der Waals surface area contributed by atoms with Crippen molar-refractivity contribution in [2.75, 3.05) is 83.2 Å². The molecule has 5 heterocycles. The molecular formula is C92H124I3N7O4. The molecule has 0 unspecified atom stereocenters. The Hall–Kier alpha value is -6.03. The quantitative estimate of drug-likeness (QED) is 0.0225. The standard InChI is InChI=1S/C92H124N7O4.3HI/c1-13-16-19-22-25-28-31-34-61-100-76-45-37-70(38-46-76)88-80-53-55-82(93-80)89(71-39-47-77(48-40-71)101-62-35-32-29-26-23-20-17-14-2)84-57-59-86(95-84)91(73-43-51-79(52-44-73)103-92-74(67-98(7,8)9)64-69(66-97(4,5)6)65-75(92)68-99(10,11)12)87-60-58-85(96-87)90(83-56-54-81(88)94-83)72-41-49-78(50-42-72)102-63-36-33-30-27-24-21-18-15-3;;;/h37-60,64-65,93,96H,13-36,61-63,66-68H2,1-12H3;3*1H/q+3;;;/p-3. The molecule has 3 aromatic heterocycles. The van der Waals surface area contributed by atoms with Crippen LogP contribution in [0.4, 0.5) is 0 Å². The van der Waals surface area contributed by atoms with Gasteiger partial charge in [-0.25, -0.2) is 9.97 Å². The first-order valence-electron chi connectivity index (χ1n) is 39.5. The van der Waals surface area contributed by atoms with E-state index in [1.54, 1.807) is 0 Å². The third-order valence-electron chi connectivity index (χ3n) is 19.6. The minimum atomic E-state index is 0. The molecule has 5 aromatic carbocycles. The number of aromatic amines is 2. The highest BCUT2D eigenvalue weighted by molar-refractivity contribution is 6.00. The zero-order valence-electron chi connectivity index (χ0n) is 66.2. The number of hydrogen-bond donors (Lipinski definition) is 2. The molecule has 14 heteroatoms. The Morgan fingerprint density at radius 2 is 0.538 bits per heavy atom. The predicted octanol–water partition coefficient (Wildman–Crippen LogP) is 15.3. The number of benzene rings is 5. The average molecular weight is 1770 g/mol. The van der Waals surface area contributed by atoms with Gasteiger partial charge in [-0.05, 0) is 151 Å². The molecule has 10 rings (SSSR count). The topological polar surface area (TPSA) is 94.3 Å². The number of ether oxygens (including phenoxy) is 4. The van der Waals surface area contributed by atoms with Crippen LogP contribution in [0.25, 0.3) is 90.9 Å². The number of hydrogen-bond acceptors (Lipinski definition) is 6. The van der Waals surface area contributed by atoms with Gasteiger partial charge in [0.25, 0.3) is 0 Å². The lowest BCUT2D eigenvalue weighted by atomic mass is 10.0. The number of quaternary nitrogens is 3. The monoisotopic (exact) mass is 1770 g/mol. The number of halogens is 3. The Bertz CT molecular complexity index is 4110. The van der Waals surface area contributed by atoms with Crippen LogP contribution >= 0.6 is 0 Å². The largest absolute Gasteiger partial charge is 1.00 e. The van der Waals surface area contributed by atoms with Crippen LogP contribution in [0.5, 0.6) is 28.7 Å². The van der Waals surface area contributed by atoms with E-state index in [2.05, 4.69) is 252 Å². The van der Waals surface area contributed by atoms with Gasteiger partial charge in [0, 0.05) is 61.0 Å². The van der Waals surface area contributed by atoms with Crippen molar-refractivity contribution < 1.29 is 104 Å². The summed E-state index contributed by atoms with van der Waals surface area (Å²) >= 11 is 0. The molecule has 8 aromatic rings. The number of fused-ring (bicyclic) bond motifs is 8. The fraction of sp³-hybridized carbons (Fsp3) is 0.457. The first-order chi connectivity index (χ1) is 49.8. The highest BCUT2D eigenvalue weighted by atomic mass is 127. The van der Waals surface area contributed by atoms with E-state index in [4.69, 9.17) is 28.9 Å². The van der Waals surface area contributed by atoms with Crippen LogP contribution in [0.3, 0.4) is 0 Å². The molecule has 0 aliphatic carbocycles. The molecular weight excluding hydrogens is 1650 g/mol. The molecule has 0 amide bonds. The van der Waals surface area contributed by atoms with Gasteiger partial charge in [0.1, 0.15) is 48.4 Å². The summed E-state index contributed by atoms with van der Waals surface area (Å²) in [4.78, 5) is 19.4. The Balaban J connectivity index is 0.00000523. The zero-order valence-corrected chi connectivity index (χ0v) is 72.7. The van der Waals surface area contributed by atoms with Gasteiger partial charge in [-0.15, -0.1) is 0 Å². The average Bonchev–Trinajstić information content (AvgIpc) is 1.43. The van der Waals surface area contributed by atoms with Crippen LogP contribution in [0.2, 0.25) is 0 Å². The lowest BCUT2D eigenvalue weighted by molar-refractivity contribution is -0.885. The molecule has 2 N–H and O–H groups in total. The molecule has 0 fully saturated rings. The number of H-pyrrole nitrogens is 2. The second kappa shape index (κ2) is 43.4. The Morgan fingerprint density at radius 3 is 0.792 bits per heavy atom. The molecule has 0 saturated carbocycles. The van der Waals surface area contributed by atoms with Gasteiger partial charge < -0.3 is 114 Å². The van der Waals surface area contributed by atoms with Crippen molar-refractivity contribution in [3.8, 4) is 73.3 Å². The molecule has 2 aliphatic rings. The van der Waals surface area contributed by atoms with Gasteiger partial charge in [0.05, 0.1) is 106 Å². The molecule has 11 nitrogen and oxygen atoms in total. The van der Waals surface area contributed by atoms with Gasteiger partial charge in [-0.3, -0.25) is 0 Å². The summed E-state index contributed by atoms with van der Waals surface area (Å²) in [6.07, 6.45) is 39.0. The molecule has 0 spiro atoms. The van der Waals surface area contributed by atoms with Crippen molar-refractivity contribution in [3.05, 3.63) is 173 Å². The summed E-state index contributed by atoms with van der Waals surface area (Å²) in [6, 6.07) is 48.1. The van der Waals surface area contributed by atoms with E-state index < -0.39 is 0 Å². The highest BCUT2D eigenvalue weighted by Gasteiger charge is 2.26. The zero-order chi connectivity index (χ0) is 72.6. The SMILES string of the molecule is CCCCCCCCCCOc1ccc(-c2c3nc(c(-c4ccc(OCCCCCCCCCC)cc4)c4ccc([nH]4)c(-c4ccc(Oc5c(C[N+](C)(C)C)cc(C[N+](C)(C)C)cc5C[N+](C)(C)C)cc4)c4nc(c(-c5ccc(OCCCCCCCCCC)cc5)c5ccc2[nH]5)C=C4)C=C3)cc1.[I-].[I-].[I-]. The molecule has 106 heavy (non-hydrogen) atoms. The predicted molar refractivity (Wildman–Crippen MR) is 437 cm³/mol. The van der Waals surface area contributed by atoms with Gasteiger partial charge >= 0.3 is 0 Å². The Kier molecular flexibility index (Phi) is 35.7. The van der Waals surface area contributed by atoms with Gasteiger partial charge in [0.2, 0.25) is 0 Å². The fourth-order valence-corrected chi connectivity index (χ4v) is 14.5. The maximum atomic E-state index is 7.23. The maximum absolute atomic E-state index is 7.23. The normalized spacial score (nSPS) is 12.0. The molecule has 8 bridgehead atoms.